The van der Waals surface area contributed by atoms with Gasteiger partial charge in [0.05, 0.1) is 0 Å². The molecule has 0 rings (SSSR count). The number of Topliss-reactive ketones (excluding diaryl/α,β-unsaturated/α-hetero) is 1. The van der Waals surface area contributed by atoms with Gasteiger partial charge in [-0.2, -0.15) is 0 Å². The molecule has 0 bridgehead atoms. The summed E-state index contributed by atoms with van der Waals surface area (Å²) in [5.41, 5.74) is 0. The van der Waals surface area contributed by atoms with E-state index in [-0.39, 0.29) is 19.0 Å². The summed E-state index contributed by atoms with van der Waals surface area (Å²) < 4.78 is 10.1. The zero-order valence-electron chi connectivity index (χ0n) is 8.28. The van der Waals surface area contributed by atoms with E-state index in [0.29, 0.717) is 32.7 Å². The summed E-state index contributed by atoms with van der Waals surface area (Å²) in [7, 11) is 0. The first-order valence-corrected chi connectivity index (χ1v) is 4.70. The molecule has 0 aliphatic rings. The van der Waals surface area contributed by atoms with E-state index in [0.717, 1.165) is 0 Å². The van der Waals surface area contributed by atoms with Crippen LogP contribution in [0, 0.1) is 0 Å². The fraction of sp³-hybridized carbons (Fsp3) is 0.889. The molecular formula is C9H18O5. The van der Waals surface area contributed by atoms with Crippen molar-refractivity contribution in [1.29, 1.82) is 0 Å². The van der Waals surface area contributed by atoms with Gasteiger partial charge < -0.3 is 19.7 Å². The summed E-state index contributed by atoms with van der Waals surface area (Å²) >= 11 is 0. The lowest BCUT2D eigenvalue weighted by atomic mass is 10.4. The van der Waals surface area contributed by atoms with Gasteiger partial charge in [0.2, 0.25) is 0 Å². The number of rotatable bonds is 10. The standard InChI is InChI=1S/C9H18O5/c10-3-1-4-13-5-2-6-14-8-9(12)7-11/h10-11H,1-8H2. The van der Waals surface area contributed by atoms with E-state index in [2.05, 4.69) is 0 Å². The largest absolute Gasteiger partial charge is 0.396 e. The minimum Gasteiger partial charge on any atom is -0.396 e. The number of aliphatic hydroxyl groups excluding tert-OH is 2. The Kier molecular flexibility index (Phi) is 10.2. The molecule has 0 unspecified atom stereocenters. The van der Waals surface area contributed by atoms with Crippen LogP contribution in [-0.2, 0) is 14.3 Å². The van der Waals surface area contributed by atoms with E-state index < -0.39 is 6.61 Å². The zero-order chi connectivity index (χ0) is 10.6. The third-order valence-corrected chi connectivity index (χ3v) is 1.46. The Morgan fingerprint density at radius 1 is 1.00 bits per heavy atom. The first kappa shape index (κ1) is 13.5. The Labute approximate surface area is 83.6 Å². The Hall–Kier alpha value is -0.490. The number of ketones is 1. The monoisotopic (exact) mass is 206 g/mol. The molecule has 0 radical (unpaired) electrons. The molecule has 0 aromatic heterocycles. The van der Waals surface area contributed by atoms with Gasteiger partial charge in [0, 0.05) is 26.4 Å². The van der Waals surface area contributed by atoms with Crippen molar-refractivity contribution >= 4 is 5.78 Å². The van der Waals surface area contributed by atoms with Crippen LogP contribution >= 0.6 is 0 Å². The molecule has 0 aliphatic carbocycles. The zero-order valence-corrected chi connectivity index (χ0v) is 8.28. The maximum absolute atomic E-state index is 10.6. The van der Waals surface area contributed by atoms with Gasteiger partial charge in [-0.1, -0.05) is 0 Å². The van der Waals surface area contributed by atoms with Gasteiger partial charge in [-0.05, 0) is 12.8 Å². The van der Waals surface area contributed by atoms with E-state index in [1.807, 2.05) is 0 Å². The Morgan fingerprint density at radius 2 is 1.64 bits per heavy atom. The van der Waals surface area contributed by atoms with Crippen molar-refractivity contribution in [2.24, 2.45) is 0 Å². The summed E-state index contributed by atoms with van der Waals surface area (Å²) in [6, 6.07) is 0. The van der Waals surface area contributed by atoms with E-state index >= 15 is 0 Å². The molecule has 0 spiro atoms. The molecule has 0 atom stereocenters. The highest BCUT2D eigenvalue weighted by atomic mass is 16.5. The van der Waals surface area contributed by atoms with Crippen molar-refractivity contribution in [3.05, 3.63) is 0 Å². The van der Waals surface area contributed by atoms with E-state index in [1.165, 1.54) is 0 Å². The predicted octanol–water partition coefficient (Wildman–Crippen LogP) is -0.647. The number of ether oxygens (including phenoxy) is 2. The molecule has 2 N–H and O–H groups in total. The van der Waals surface area contributed by atoms with Gasteiger partial charge in [0.1, 0.15) is 13.2 Å². The van der Waals surface area contributed by atoms with E-state index in [1.54, 1.807) is 0 Å². The molecule has 0 aliphatic heterocycles. The summed E-state index contributed by atoms with van der Waals surface area (Å²) in [5.74, 6) is -0.314. The van der Waals surface area contributed by atoms with Gasteiger partial charge in [0.25, 0.3) is 0 Å². The Morgan fingerprint density at radius 3 is 2.29 bits per heavy atom. The molecule has 0 saturated carbocycles. The van der Waals surface area contributed by atoms with Crippen molar-refractivity contribution in [3.63, 3.8) is 0 Å². The van der Waals surface area contributed by atoms with Gasteiger partial charge >= 0.3 is 0 Å². The molecule has 0 fully saturated rings. The highest BCUT2D eigenvalue weighted by Gasteiger charge is 1.98. The summed E-state index contributed by atoms with van der Waals surface area (Å²) in [6.45, 7) is 1.20. The van der Waals surface area contributed by atoms with Crippen LogP contribution < -0.4 is 0 Å². The van der Waals surface area contributed by atoms with Gasteiger partial charge in [-0.25, -0.2) is 0 Å². The molecule has 5 heteroatoms. The van der Waals surface area contributed by atoms with E-state index in [9.17, 15) is 4.79 Å². The van der Waals surface area contributed by atoms with Crippen molar-refractivity contribution in [1.82, 2.24) is 0 Å². The molecule has 14 heavy (non-hydrogen) atoms. The smallest absolute Gasteiger partial charge is 0.183 e. The second kappa shape index (κ2) is 10.6. The average Bonchev–Trinajstić information content (AvgIpc) is 2.21. The van der Waals surface area contributed by atoms with Crippen LogP contribution in [0.25, 0.3) is 0 Å². The van der Waals surface area contributed by atoms with Crippen LogP contribution in [0.2, 0.25) is 0 Å². The van der Waals surface area contributed by atoms with Crippen LogP contribution in [0.4, 0.5) is 0 Å². The minimum absolute atomic E-state index is 0.0346. The van der Waals surface area contributed by atoms with Crippen LogP contribution in [-0.4, -0.2) is 55.6 Å². The van der Waals surface area contributed by atoms with Crippen LogP contribution in [0.1, 0.15) is 12.8 Å². The topological polar surface area (TPSA) is 76.0 Å². The molecule has 0 amide bonds. The van der Waals surface area contributed by atoms with E-state index in [4.69, 9.17) is 19.7 Å². The maximum Gasteiger partial charge on any atom is 0.183 e. The minimum atomic E-state index is -0.465. The lowest BCUT2D eigenvalue weighted by molar-refractivity contribution is -0.126. The SMILES string of the molecule is O=C(CO)COCCCOCCCO. The van der Waals surface area contributed by atoms with Gasteiger partial charge in [-0.15, -0.1) is 0 Å². The quantitative estimate of drug-likeness (QED) is 0.465. The second-order valence-electron chi connectivity index (χ2n) is 2.79. The number of aliphatic hydroxyl groups is 2. The molecule has 0 saturated heterocycles. The second-order valence-corrected chi connectivity index (χ2v) is 2.79. The highest BCUT2D eigenvalue weighted by Crippen LogP contribution is 1.87. The van der Waals surface area contributed by atoms with Crippen molar-refractivity contribution in [2.75, 3.05) is 39.6 Å². The Bertz CT molecular complexity index is 137. The summed E-state index contributed by atoms with van der Waals surface area (Å²) in [4.78, 5) is 10.6. The van der Waals surface area contributed by atoms with Crippen LogP contribution in [0.15, 0.2) is 0 Å². The lowest BCUT2D eigenvalue weighted by Gasteiger charge is -2.03. The first-order valence-electron chi connectivity index (χ1n) is 4.70. The number of carbonyl (C=O) groups excluding carboxylic acids is 1. The fourth-order valence-electron chi connectivity index (χ4n) is 0.763. The number of carbonyl (C=O) groups is 1. The first-order chi connectivity index (χ1) is 6.81. The third-order valence-electron chi connectivity index (χ3n) is 1.46. The number of hydrogen-bond donors (Lipinski definition) is 2. The van der Waals surface area contributed by atoms with Crippen LogP contribution in [0.3, 0.4) is 0 Å². The van der Waals surface area contributed by atoms with Crippen LogP contribution in [0.5, 0.6) is 0 Å². The normalized spacial score (nSPS) is 10.4. The molecule has 0 heterocycles. The predicted molar refractivity (Wildman–Crippen MR) is 50.1 cm³/mol. The Balaban J connectivity index is 2.95. The highest BCUT2D eigenvalue weighted by molar-refractivity contribution is 5.80. The number of hydrogen-bond acceptors (Lipinski definition) is 5. The molecule has 84 valence electrons. The summed E-state index contributed by atoms with van der Waals surface area (Å²) in [5, 5.41) is 16.8. The maximum atomic E-state index is 10.6. The fourth-order valence-corrected chi connectivity index (χ4v) is 0.763. The van der Waals surface area contributed by atoms with Crippen molar-refractivity contribution in [3.8, 4) is 0 Å². The molecule has 0 aromatic rings. The summed E-state index contributed by atoms with van der Waals surface area (Å²) in [6.07, 6.45) is 1.36. The lowest BCUT2D eigenvalue weighted by Crippen LogP contribution is -2.13. The van der Waals surface area contributed by atoms with Gasteiger partial charge in [0.15, 0.2) is 5.78 Å². The average molecular weight is 206 g/mol. The molecule has 5 nitrogen and oxygen atoms in total. The third kappa shape index (κ3) is 9.60. The van der Waals surface area contributed by atoms with Gasteiger partial charge in [-0.3, -0.25) is 4.79 Å². The molecular weight excluding hydrogens is 188 g/mol. The van der Waals surface area contributed by atoms with Crippen molar-refractivity contribution in [2.45, 2.75) is 12.8 Å². The van der Waals surface area contributed by atoms with Crippen molar-refractivity contribution < 1.29 is 24.5 Å². The molecule has 0 aromatic carbocycles.